The molecule has 1 N–H and O–H groups in total. The molecular weight excluding hydrogens is 521 g/mol. The van der Waals surface area contributed by atoms with Crippen LogP contribution in [0.25, 0.3) is 0 Å². The van der Waals surface area contributed by atoms with Gasteiger partial charge in [0.05, 0.1) is 11.9 Å². The lowest BCUT2D eigenvalue weighted by Crippen LogP contribution is -2.48. The van der Waals surface area contributed by atoms with Gasteiger partial charge in [0.25, 0.3) is 0 Å². The van der Waals surface area contributed by atoms with Crippen molar-refractivity contribution >= 4 is 50.7 Å². The molecule has 0 radical (unpaired) electrons. The molecule has 0 aliphatic carbocycles. The number of nitrogens with one attached hydrogen (secondary N) is 1. The van der Waals surface area contributed by atoms with Crippen molar-refractivity contribution in [2.24, 2.45) is 0 Å². The van der Waals surface area contributed by atoms with E-state index < -0.39 is 16.1 Å². The normalized spacial score (nSPS) is 12.2. The molecule has 1 unspecified atom stereocenters. The fraction of sp³-hybridized carbons (Fsp3) is 0.462. The molecule has 0 bridgehead atoms. The number of halogens is 2. The molecule has 0 heterocycles. The van der Waals surface area contributed by atoms with Crippen LogP contribution in [0.3, 0.4) is 0 Å². The largest absolute Gasteiger partial charge is 0.354 e. The van der Waals surface area contributed by atoms with Crippen LogP contribution in [0.2, 0.25) is 10.0 Å². The summed E-state index contributed by atoms with van der Waals surface area (Å²) in [6, 6.07) is 11.5. The number of hydrogen-bond acceptors (Lipinski definition) is 4. The minimum Gasteiger partial charge on any atom is -0.354 e. The van der Waals surface area contributed by atoms with Gasteiger partial charge in [0.2, 0.25) is 21.8 Å². The van der Waals surface area contributed by atoms with Crippen LogP contribution < -0.4 is 9.62 Å². The molecule has 0 fully saturated rings. The van der Waals surface area contributed by atoms with Crippen LogP contribution in [0.4, 0.5) is 5.69 Å². The summed E-state index contributed by atoms with van der Waals surface area (Å²) < 4.78 is 26.3. The van der Waals surface area contributed by atoms with Gasteiger partial charge < -0.3 is 10.2 Å². The number of para-hydroxylation sites is 1. The summed E-state index contributed by atoms with van der Waals surface area (Å²) >= 11 is 12.4. The van der Waals surface area contributed by atoms with E-state index >= 15 is 0 Å². The Kier molecular flexibility index (Phi) is 11.5. The number of amides is 2. The monoisotopic (exact) mass is 555 g/mol. The Labute approximate surface area is 224 Å². The van der Waals surface area contributed by atoms with Gasteiger partial charge in [-0.25, -0.2) is 8.42 Å². The molecule has 2 aromatic carbocycles. The van der Waals surface area contributed by atoms with Crippen molar-refractivity contribution in [2.75, 3.05) is 23.7 Å². The van der Waals surface area contributed by atoms with E-state index in [1.807, 2.05) is 26.0 Å². The molecular formula is C26H35Cl2N3O4S. The highest BCUT2D eigenvalue weighted by molar-refractivity contribution is 7.92. The molecule has 0 aliphatic heterocycles. The first kappa shape index (κ1) is 29.9. The average molecular weight is 557 g/mol. The Bertz CT molecular complexity index is 1160. The number of sulfonamides is 1. The molecule has 0 saturated heterocycles. The maximum atomic E-state index is 13.3. The van der Waals surface area contributed by atoms with Gasteiger partial charge in [0.15, 0.2) is 0 Å². The fourth-order valence-electron chi connectivity index (χ4n) is 3.78. The quantitative estimate of drug-likeness (QED) is 0.345. The summed E-state index contributed by atoms with van der Waals surface area (Å²) in [5, 5.41) is 3.76. The van der Waals surface area contributed by atoms with E-state index in [-0.39, 0.29) is 37.7 Å². The second-order valence-electron chi connectivity index (χ2n) is 8.80. The number of benzene rings is 2. The summed E-state index contributed by atoms with van der Waals surface area (Å²) in [5.74, 6) is -0.517. The number of anilines is 1. The maximum Gasteiger partial charge on any atom is 0.242 e. The van der Waals surface area contributed by atoms with E-state index in [0.29, 0.717) is 27.8 Å². The SMILES string of the molecule is CCCCNC(=O)C(C)N(Cc1ccc(Cl)cc1Cl)C(=O)CCCN(c1ccccc1C)S(C)(=O)=O. The smallest absolute Gasteiger partial charge is 0.242 e. The summed E-state index contributed by atoms with van der Waals surface area (Å²) in [7, 11) is -3.55. The Morgan fingerprint density at radius 3 is 2.39 bits per heavy atom. The van der Waals surface area contributed by atoms with Crippen molar-refractivity contribution < 1.29 is 18.0 Å². The van der Waals surface area contributed by atoms with Gasteiger partial charge >= 0.3 is 0 Å². The number of carbonyl (C=O) groups is 2. The van der Waals surface area contributed by atoms with Gasteiger partial charge in [-0.15, -0.1) is 0 Å². The summed E-state index contributed by atoms with van der Waals surface area (Å²) in [6.07, 6.45) is 3.29. The van der Waals surface area contributed by atoms with Crippen molar-refractivity contribution in [1.29, 1.82) is 0 Å². The third kappa shape index (κ3) is 8.68. The van der Waals surface area contributed by atoms with Crippen LogP contribution in [-0.2, 0) is 26.2 Å². The summed E-state index contributed by atoms with van der Waals surface area (Å²) in [6.45, 7) is 6.36. The Hall–Kier alpha value is -2.29. The number of carbonyl (C=O) groups excluding carboxylic acids is 2. The van der Waals surface area contributed by atoms with Gasteiger partial charge in [0, 0.05) is 36.1 Å². The highest BCUT2D eigenvalue weighted by Crippen LogP contribution is 2.25. The Morgan fingerprint density at radius 1 is 1.08 bits per heavy atom. The average Bonchev–Trinajstić information content (AvgIpc) is 2.81. The molecule has 2 rings (SSSR count). The predicted molar refractivity (Wildman–Crippen MR) is 147 cm³/mol. The highest BCUT2D eigenvalue weighted by Gasteiger charge is 2.27. The van der Waals surface area contributed by atoms with E-state index in [1.54, 1.807) is 37.3 Å². The Morgan fingerprint density at radius 2 is 1.78 bits per heavy atom. The molecule has 1 atom stereocenters. The molecule has 7 nitrogen and oxygen atoms in total. The van der Waals surface area contributed by atoms with Crippen molar-refractivity contribution in [1.82, 2.24) is 10.2 Å². The van der Waals surface area contributed by atoms with Crippen LogP contribution in [0, 0.1) is 6.92 Å². The lowest BCUT2D eigenvalue weighted by molar-refractivity contribution is -0.140. The van der Waals surface area contributed by atoms with Gasteiger partial charge in [-0.05, 0) is 56.0 Å². The van der Waals surface area contributed by atoms with Gasteiger partial charge in [-0.3, -0.25) is 13.9 Å². The van der Waals surface area contributed by atoms with Crippen molar-refractivity contribution in [3.8, 4) is 0 Å². The van der Waals surface area contributed by atoms with E-state index in [0.717, 1.165) is 24.7 Å². The molecule has 36 heavy (non-hydrogen) atoms. The molecule has 0 aliphatic rings. The molecule has 198 valence electrons. The topological polar surface area (TPSA) is 86.8 Å². The van der Waals surface area contributed by atoms with Crippen molar-refractivity contribution in [3.05, 3.63) is 63.6 Å². The van der Waals surface area contributed by atoms with Crippen LogP contribution in [0.15, 0.2) is 42.5 Å². The van der Waals surface area contributed by atoms with Gasteiger partial charge in [0.1, 0.15) is 6.04 Å². The van der Waals surface area contributed by atoms with E-state index in [2.05, 4.69) is 5.32 Å². The number of hydrogen-bond donors (Lipinski definition) is 1. The number of unbranched alkanes of at least 4 members (excludes halogenated alkanes) is 1. The first-order chi connectivity index (χ1) is 17.0. The third-order valence-electron chi connectivity index (χ3n) is 5.89. The third-order valence-corrected chi connectivity index (χ3v) is 7.66. The minimum absolute atomic E-state index is 0.0652. The van der Waals surface area contributed by atoms with E-state index in [1.165, 1.54) is 9.21 Å². The van der Waals surface area contributed by atoms with Gasteiger partial charge in [-0.2, -0.15) is 0 Å². The van der Waals surface area contributed by atoms with E-state index in [9.17, 15) is 18.0 Å². The first-order valence-corrected chi connectivity index (χ1v) is 14.6. The van der Waals surface area contributed by atoms with Crippen LogP contribution in [0.1, 0.15) is 50.7 Å². The van der Waals surface area contributed by atoms with Crippen molar-refractivity contribution in [3.63, 3.8) is 0 Å². The van der Waals surface area contributed by atoms with Crippen LogP contribution >= 0.6 is 23.2 Å². The summed E-state index contributed by atoms with van der Waals surface area (Å²) in [4.78, 5) is 27.6. The zero-order valence-corrected chi connectivity index (χ0v) is 23.6. The molecule has 2 amide bonds. The molecule has 0 spiro atoms. The molecule has 0 aromatic heterocycles. The molecule has 2 aromatic rings. The van der Waals surface area contributed by atoms with Gasteiger partial charge in [-0.1, -0.05) is 60.8 Å². The van der Waals surface area contributed by atoms with Crippen molar-refractivity contribution in [2.45, 2.75) is 59.0 Å². The highest BCUT2D eigenvalue weighted by atomic mass is 35.5. The fourth-order valence-corrected chi connectivity index (χ4v) is 5.27. The second-order valence-corrected chi connectivity index (χ2v) is 11.6. The maximum absolute atomic E-state index is 13.3. The Balaban J connectivity index is 2.19. The standard InChI is InChI=1S/C26H35Cl2N3O4S/c1-5-6-15-29-26(33)20(3)30(18-21-13-14-22(27)17-23(21)28)25(32)12-9-16-31(36(4,34)35)24-11-8-7-10-19(24)2/h7-8,10-11,13-14,17,20H,5-6,9,12,15-16,18H2,1-4H3,(H,29,33). The zero-order chi connectivity index (χ0) is 26.9. The molecule has 10 heteroatoms. The number of rotatable bonds is 13. The van der Waals surface area contributed by atoms with Crippen LogP contribution in [-0.4, -0.2) is 50.5 Å². The predicted octanol–water partition coefficient (Wildman–Crippen LogP) is 5.18. The number of nitrogens with zero attached hydrogens (tertiary/aromatic N) is 2. The minimum atomic E-state index is -3.55. The lowest BCUT2D eigenvalue weighted by Gasteiger charge is -2.30. The van der Waals surface area contributed by atoms with E-state index in [4.69, 9.17) is 23.2 Å². The van der Waals surface area contributed by atoms with Crippen LogP contribution in [0.5, 0.6) is 0 Å². The lowest BCUT2D eigenvalue weighted by atomic mass is 10.1. The second kappa shape index (κ2) is 13.9. The first-order valence-electron chi connectivity index (χ1n) is 12.0. The summed E-state index contributed by atoms with van der Waals surface area (Å²) in [5.41, 5.74) is 2.08. The number of aryl methyl sites for hydroxylation is 1. The zero-order valence-electron chi connectivity index (χ0n) is 21.3. The molecule has 0 saturated carbocycles.